The molecule has 39 heavy (non-hydrogen) atoms. The zero-order valence-corrected chi connectivity index (χ0v) is 25.1. The first kappa shape index (κ1) is 33.0. The molecule has 1 aliphatic heterocycles. The van der Waals surface area contributed by atoms with E-state index >= 15 is 0 Å². The highest BCUT2D eigenvalue weighted by Gasteiger charge is 2.23. The van der Waals surface area contributed by atoms with Crippen molar-refractivity contribution in [1.82, 2.24) is 10.2 Å². The Morgan fingerprint density at radius 3 is 1.90 bits per heavy atom. The highest BCUT2D eigenvalue weighted by atomic mass is 16.1. The Hall–Kier alpha value is -2.23. The normalized spacial score (nSPS) is 14.8. The maximum absolute atomic E-state index is 12.3. The zero-order valence-electron chi connectivity index (χ0n) is 25.1. The molecule has 1 fully saturated rings. The molecule has 1 aromatic rings. The Labute approximate surface area is 241 Å². The average molecular weight is 533 g/mol. The van der Waals surface area contributed by atoms with Crippen LogP contribution in [0.1, 0.15) is 141 Å². The lowest BCUT2D eigenvalue weighted by Gasteiger charge is -2.16. The van der Waals surface area contributed by atoms with Gasteiger partial charge in [-0.3, -0.25) is 9.69 Å². The molecule has 0 unspecified atom stereocenters. The lowest BCUT2D eigenvalue weighted by molar-refractivity contribution is -0.121. The molecule has 2 rings (SSSR count). The molecular weight excluding hydrogens is 476 g/mol. The summed E-state index contributed by atoms with van der Waals surface area (Å²) < 4.78 is 0. The summed E-state index contributed by atoms with van der Waals surface area (Å²) in [6.07, 6.45) is 24.4. The molecule has 1 saturated heterocycles. The Morgan fingerprint density at radius 2 is 1.31 bits per heavy atom. The number of benzene rings is 1. The SMILES string of the molecule is CCCCCCCCCCCCC#CC#CCCCCCCCCC(=O)N[C@@H]1CCN(Cc2ccccc2)C1. The van der Waals surface area contributed by atoms with Crippen LogP contribution in [0.15, 0.2) is 30.3 Å². The lowest BCUT2D eigenvalue weighted by Crippen LogP contribution is -2.36. The molecule has 1 heterocycles. The predicted molar refractivity (Wildman–Crippen MR) is 167 cm³/mol. The Morgan fingerprint density at radius 1 is 0.769 bits per heavy atom. The van der Waals surface area contributed by atoms with Gasteiger partial charge in [-0.15, -0.1) is 0 Å². The highest BCUT2D eigenvalue weighted by molar-refractivity contribution is 5.76. The van der Waals surface area contributed by atoms with Crippen molar-refractivity contribution in [2.45, 2.75) is 148 Å². The maximum atomic E-state index is 12.3. The predicted octanol–water partition coefficient (Wildman–Crippen LogP) is 8.82. The molecule has 1 N–H and O–H groups in total. The third-order valence-electron chi connectivity index (χ3n) is 7.74. The van der Waals surface area contributed by atoms with Gasteiger partial charge >= 0.3 is 0 Å². The van der Waals surface area contributed by atoms with Crippen LogP contribution < -0.4 is 5.32 Å². The van der Waals surface area contributed by atoms with Crippen molar-refractivity contribution in [2.75, 3.05) is 13.1 Å². The maximum Gasteiger partial charge on any atom is 0.220 e. The number of likely N-dealkylation sites (tertiary alicyclic amines) is 1. The van der Waals surface area contributed by atoms with Crippen LogP contribution in [0, 0.1) is 23.7 Å². The van der Waals surface area contributed by atoms with Gasteiger partial charge in [0.1, 0.15) is 0 Å². The largest absolute Gasteiger partial charge is 0.352 e. The Kier molecular flexibility index (Phi) is 20.0. The van der Waals surface area contributed by atoms with Gasteiger partial charge in [-0.1, -0.05) is 133 Å². The smallest absolute Gasteiger partial charge is 0.220 e. The van der Waals surface area contributed by atoms with Crippen LogP contribution in [0.5, 0.6) is 0 Å². The third kappa shape index (κ3) is 18.6. The minimum Gasteiger partial charge on any atom is -0.352 e. The summed E-state index contributed by atoms with van der Waals surface area (Å²) in [7, 11) is 0. The molecule has 216 valence electrons. The van der Waals surface area contributed by atoms with E-state index in [0.29, 0.717) is 12.5 Å². The summed E-state index contributed by atoms with van der Waals surface area (Å²) >= 11 is 0. The van der Waals surface area contributed by atoms with Crippen LogP contribution in [-0.4, -0.2) is 29.9 Å². The second-order valence-corrected chi connectivity index (χ2v) is 11.4. The molecule has 1 atom stereocenters. The highest BCUT2D eigenvalue weighted by Crippen LogP contribution is 2.15. The van der Waals surface area contributed by atoms with Gasteiger partial charge in [-0.25, -0.2) is 0 Å². The molecular formula is C36H56N2O. The summed E-state index contributed by atoms with van der Waals surface area (Å²) in [6.45, 7) is 5.29. The van der Waals surface area contributed by atoms with E-state index in [-0.39, 0.29) is 5.91 Å². The van der Waals surface area contributed by atoms with E-state index in [9.17, 15) is 4.79 Å². The van der Waals surface area contributed by atoms with Crippen molar-refractivity contribution in [1.29, 1.82) is 0 Å². The molecule has 1 amide bonds. The van der Waals surface area contributed by atoms with Crippen molar-refractivity contribution in [2.24, 2.45) is 0 Å². The quantitative estimate of drug-likeness (QED) is 0.127. The summed E-state index contributed by atoms with van der Waals surface area (Å²) in [5.74, 6) is 12.7. The monoisotopic (exact) mass is 532 g/mol. The molecule has 1 aromatic carbocycles. The molecule has 3 heteroatoms. The van der Waals surface area contributed by atoms with Crippen LogP contribution in [0.4, 0.5) is 0 Å². The van der Waals surface area contributed by atoms with Crippen LogP contribution >= 0.6 is 0 Å². The first-order chi connectivity index (χ1) is 19.3. The number of nitrogens with zero attached hydrogens (tertiary/aromatic N) is 1. The average Bonchev–Trinajstić information content (AvgIpc) is 3.38. The van der Waals surface area contributed by atoms with Gasteiger partial charge in [-0.05, 0) is 43.1 Å². The van der Waals surface area contributed by atoms with E-state index in [2.05, 4.69) is 71.2 Å². The van der Waals surface area contributed by atoms with Gasteiger partial charge in [0.25, 0.3) is 0 Å². The number of carbonyl (C=O) groups is 1. The minimum absolute atomic E-state index is 0.228. The minimum atomic E-state index is 0.228. The Balaban J connectivity index is 1.32. The first-order valence-electron chi connectivity index (χ1n) is 16.3. The first-order valence-corrected chi connectivity index (χ1v) is 16.3. The fourth-order valence-corrected chi connectivity index (χ4v) is 5.36. The number of unbranched alkanes of at least 4 members (excludes halogenated alkanes) is 16. The second-order valence-electron chi connectivity index (χ2n) is 11.4. The van der Waals surface area contributed by atoms with E-state index in [1.165, 1.54) is 89.0 Å². The number of hydrogen-bond acceptors (Lipinski definition) is 2. The van der Waals surface area contributed by atoms with E-state index in [1.807, 2.05) is 0 Å². The number of nitrogens with one attached hydrogen (secondary N) is 1. The van der Waals surface area contributed by atoms with Gasteiger partial charge in [0.05, 0.1) is 0 Å². The molecule has 3 nitrogen and oxygen atoms in total. The van der Waals surface area contributed by atoms with Crippen LogP contribution in [-0.2, 0) is 11.3 Å². The van der Waals surface area contributed by atoms with Gasteiger partial charge in [0, 0.05) is 44.9 Å². The standard InChI is InChI=1S/C36H56N2O/c1-2-3-4-5-6-7-8-9-10-11-12-13-14-15-16-17-18-19-20-21-22-26-29-36(39)37-35-30-31-38(33-35)32-34-27-24-23-25-28-34/h23-25,27-28,35H,2-12,17-22,26,29-33H2,1H3,(H,37,39)/t35-/m1/s1. The molecule has 0 spiro atoms. The van der Waals surface area contributed by atoms with Crippen molar-refractivity contribution >= 4 is 5.91 Å². The topological polar surface area (TPSA) is 32.3 Å². The Bertz CT molecular complexity index is 857. The van der Waals surface area contributed by atoms with E-state index < -0.39 is 0 Å². The van der Waals surface area contributed by atoms with E-state index in [1.54, 1.807) is 0 Å². The number of carbonyl (C=O) groups excluding carboxylic acids is 1. The number of hydrogen-bond donors (Lipinski definition) is 1. The summed E-state index contributed by atoms with van der Waals surface area (Å²) in [6, 6.07) is 10.9. The summed E-state index contributed by atoms with van der Waals surface area (Å²) in [5.41, 5.74) is 1.35. The van der Waals surface area contributed by atoms with E-state index in [4.69, 9.17) is 0 Å². The third-order valence-corrected chi connectivity index (χ3v) is 7.74. The number of amides is 1. The summed E-state index contributed by atoms with van der Waals surface area (Å²) in [4.78, 5) is 14.8. The van der Waals surface area contributed by atoms with Crippen molar-refractivity contribution < 1.29 is 4.79 Å². The fraction of sp³-hybridized carbons (Fsp3) is 0.694. The molecule has 0 bridgehead atoms. The van der Waals surface area contributed by atoms with Crippen LogP contribution in [0.25, 0.3) is 0 Å². The fourth-order valence-electron chi connectivity index (χ4n) is 5.36. The van der Waals surface area contributed by atoms with Crippen LogP contribution in [0.3, 0.4) is 0 Å². The number of rotatable bonds is 21. The van der Waals surface area contributed by atoms with Gasteiger partial charge in [0.15, 0.2) is 0 Å². The molecule has 0 aliphatic carbocycles. The molecule has 0 aromatic heterocycles. The molecule has 0 radical (unpaired) electrons. The van der Waals surface area contributed by atoms with Crippen molar-refractivity contribution in [3.63, 3.8) is 0 Å². The lowest BCUT2D eigenvalue weighted by atomic mass is 10.1. The van der Waals surface area contributed by atoms with Crippen molar-refractivity contribution in [3.05, 3.63) is 35.9 Å². The van der Waals surface area contributed by atoms with Gasteiger partial charge < -0.3 is 5.32 Å². The zero-order chi connectivity index (χ0) is 27.6. The van der Waals surface area contributed by atoms with Crippen molar-refractivity contribution in [3.8, 4) is 23.7 Å². The molecule has 1 aliphatic rings. The van der Waals surface area contributed by atoms with Gasteiger partial charge in [-0.2, -0.15) is 0 Å². The second kappa shape index (κ2) is 23.6. The van der Waals surface area contributed by atoms with Crippen LogP contribution in [0.2, 0.25) is 0 Å². The van der Waals surface area contributed by atoms with E-state index in [0.717, 1.165) is 58.2 Å². The molecule has 0 saturated carbocycles. The van der Waals surface area contributed by atoms with Gasteiger partial charge in [0.2, 0.25) is 5.91 Å². The summed E-state index contributed by atoms with van der Waals surface area (Å²) in [5, 5.41) is 3.25.